The van der Waals surface area contributed by atoms with E-state index in [9.17, 15) is 9.59 Å². The molecule has 1 aliphatic rings. The lowest BCUT2D eigenvalue weighted by Gasteiger charge is -2.23. The predicted molar refractivity (Wildman–Crippen MR) is 99.5 cm³/mol. The van der Waals surface area contributed by atoms with Crippen LogP contribution in [-0.4, -0.2) is 32.7 Å². The van der Waals surface area contributed by atoms with Crippen LogP contribution in [0.15, 0.2) is 48.8 Å². The number of fused-ring (bicyclic) bond motifs is 1. The van der Waals surface area contributed by atoms with E-state index in [0.29, 0.717) is 25.2 Å². The van der Waals surface area contributed by atoms with Crippen molar-refractivity contribution in [3.63, 3.8) is 0 Å². The van der Waals surface area contributed by atoms with Crippen LogP contribution in [0.4, 0.5) is 5.82 Å². The molecule has 1 atom stereocenters. The molecular formula is C20H20N4O2. The molecule has 1 fully saturated rings. The van der Waals surface area contributed by atoms with Gasteiger partial charge in [0.2, 0.25) is 11.8 Å². The van der Waals surface area contributed by atoms with Crippen molar-refractivity contribution >= 4 is 28.5 Å². The van der Waals surface area contributed by atoms with Gasteiger partial charge in [0, 0.05) is 36.3 Å². The zero-order valence-corrected chi connectivity index (χ0v) is 14.5. The molecule has 0 bridgehead atoms. The SMILES string of the molecule is Cc1ccnc(NC(=O)C2CCC(=O)N2Cc2c[nH]c3ccccc23)c1. The molecule has 2 N–H and O–H groups in total. The Morgan fingerprint density at radius 1 is 1.35 bits per heavy atom. The highest BCUT2D eigenvalue weighted by molar-refractivity contribution is 5.98. The third kappa shape index (κ3) is 3.06. The zero-order valence-electron chi connectivity index (χ0n) is 14.5. The van der Waals surface area contributed by atoms with Gasteiger partial charge in [-0.2, -0.15) is 0 Å². The molecule has 1 saturated heterocycles. The summed E-state index contributed by atoms with van der Waals surface area (Å²) in [5.41, 5.74) is 3.06. The van der Waals surface area contributed by atoms with Crippen LogP contribution in [0.25, 0.3) is 10.9 Å². The molecule has 0 spiro atoms. The van der Waals surface area contributed by atoms with Gasteiger partial charge in [-0.05, 0) is 42.7 Å². The van der Waals surface area contributed by atoms with E-state index in [-0.39, 0.29) is 11.8 Å². The number of para-hydroxylation sites is 1. The van der Waals surface area contributed by atoms with Gasteiger partial charge in [0.15, 0.2) is 0 Å². The molecule has 1 unspecified atom stereocenters. The lowest BCUT2D eigenvalue weighted by molar-refractivity contribution is -0.133. The lowest BCUT2D eigenvalue weighted by atomic mass is 10.1. The van der Waals surface area contributed by atoms with Crippen molar-refractivity contribution in [1.82, 2.24) is 14.9 Å². The quantitative estimate of drug-likeness (QED) is 0.761. The van der Waals surface area contributed by atoms with Gasteiger partial charge in [0.1, 0.15) is 11.9 Å². The second-order valence-electron chi connectivity index (χ2n) is 6.64. The van der Waals surface area contributed by atoms with Crippen LogP contribution in [-0.2, 0) is 16.1 Å². The number of H-pyrrole nitrogens is 1. The maximum atomic E-state index is 12.7. The van der Waals surface area contributed by atoms with Crippen LogP contribution in [0.5, 0.6) is 0 Å². The summed E-state index contributed by atoms with van der Waals surface area (Å²) in [6.07, 6.45) is 4.49. The Morgan fingerprint density at radius 3 is 3.04 bits per heavy atom. The minimum atomic E-state index is -0.474. The highest BCUT2D eigenvalue weighted by Crippen LogP contribution is 2.26. The molecule has 6 nitrogen and oxygen atoms in total. The maximum absolute atomic E-state index is 12.7. The van der Waals surface area contributed by atoms with Gasteiger partial charge >= 0.3 is 0 Å². The van der Waals surface area contributed by atoms with Crippen LogP contribution in [0, 0.1) is 6.92 Å². The summed E-state index contributed by atoms with van der Waals surface area (Å²) in [5.74, 6) is 0.336. The summed E-state index contributed by atoms with van der Waals surface area (Å²) in [5, 5.41) is 3.92. The number of benzene rings is 1. The number of aromatic amines is 1. The number of pyridine rings is 1. The molecule has 0 aliphatic carbocycles. The first-order valence-electron chi connectivity index (χ1n) is 8.70. The average molecular weight is 348 g/mol. The Kier molecular flexibility index (Phi) is 4.16. The molecule has 3 heterocycles. The Balaban J connectivity index is 1.54. The smallest absolute Gasteiger partial charge is 0.248 e. The molecule has 6 heteroatoms. The molecule has 26 heavy (non-hydrogen) atoms. The number of likely N-dealkylation sites (tertiary alicyclic amines) is 1. The van der Waals surface area contributed by atoms with Crippen LogP contribution in [0.3, 0.4) is 0 Å². The minimum Gasteiger partial charge on any atom is -0.361 e. The van der Waals surface area contributed by atoms with Crippen LogP contribution in [0.1, 0.15) is 24.0 Å². The molecule has 2 aromatic heterocycles. The van der Waals surface area contributed by atoms with E-state index in [1.54, 1.807) is 11.1 Å². The molecule has 1 aromatic carbocycles. The number of nitrogens with one attached hydrogen (secondary N) is 2. The Hall–Kier alpha value is -3.15. The van der Waals surface area contributed by atoms with Gasteiger partial charge in [-0.15, -0.1) is 0 Å². The molecular weight excluding hydrogens is 328 g/mol. The summed E-state index contributed by atoms with van der Waals surface area (Å²) >= 11 is 0. The van der Waals surface area contributed by atoms with Gasteiger partial charge in [-0.3, -0.25) is 9.59 Å². The fourth-order valence-electron chi connectivity index (χ4n) is 3.46. The first-order valence-corrected chi connectivity index (χ1v) is 8.70. The molecule has 4 rings (SSSR count). The van der Waals surface area contributed by atoms with Crippen molar-refractivity contribution in [2.45, 2.75) is 32.4 Å². The van der Waals surface area contributed by atoms with Crippen molar-refractivity contribution in [2.75, 3.05) is 5.32 Å². The molecule has 0 saturated carbocycles. The second-order valence-corrected chi connectivity index (χ2v) is 6.64. The molecule has 132 valence electrons. The predicted octanol–water partition coefficient (Wildman–Crippen LogP) is 3.00. The molecule has 0 radical (unpaired) electrons. The second kappa shape index (κ2) is 6.63. The van der Waals surface area contributed by atoms with Crippen LogP contribution >= 0.6 is 0 Å². The van der Waals surface area contributed by atoms with Gasteiger partial charge in [0.05, 0.1) is 0 Å². The summed E-state index contributed by atoms with van der Waals surface area (Å²) in [7, 11) is 0. The Morgan fingerprint density at radius 2 is 2.19 bits per heavy atom. The normalized spacial score (nSPS) is 17.0. The van der Waals surface area contributed by atoms with Crippen molar-refractivity contribution in [3.8, 4) is 0 Å². The number of aromatic nitrogens is 2. The standard InChI is InChI=1S/C20H20N4O2/c1-13-8-9-21-18(10-13)23-20(26)17-6-7-19(25)24(17)12-14-11-22-16-5-3-2-4-15(14)16/h2-5,8-11,17,22H,6-7,12H2,1H3,(H,21,23,26). The number of hydrogen-bond donors (Lipinski definition) is 2. The van der Waals surface area contributed by atoms with Crippen molar-refractivity contribution in [1.29, 1.82) is 0 Å². The highest BCUT2D eigenvalue weighted by atomic mass is 16.2. The van der Waals surface area contributed by atoms with E-state index in [2.05, 4.69) is 15.3 Å². The number of aryl methyl sites for hydroxylation is 1. The van der Waals surface area contributed by atoms with Crippen molar-refractivity contribution in [3.05, 3.63) is 59.9 Å². The summed E-state index contributed by atoms with van der Waals surface area (Å²) in [4.78, 5) is 34.2. The number of nitrogens with zero attached hydrogens (tertiary/aromatic N) is 2. The topological polar surface area (TPSA) is 78.1 Å². The monoisotopic (exact) mass is 348 g/mol. The summed E-state index contributed by atoms with van der Waals surface area (Å²) in [6, 6.07) is 11.2. The van der Waals surface area contributed by atoms with E-state index in [0.717, 1.165) is 22.0 Å². The molecule has 2 amide bonds. The first-order chi connectivity index (χ1) is 12.6. The lowest BCUT2D eigenvalue weighted by Crippen LogP contribution is -2.41. The van der Waals surface area contributed by atoms with Crippen molar-refractivity contribution < 1.29 is 9.59 Å². The number of anilines is 1. The van der Waals surface area contributed by atoms with Gasteiger partial charge in [-0.25, -0.2) is 4.98 Å². The largest absolute Gasteiger partial charge is 0.361 e. The van der Waals surface area contributed by atoms with Gasteiger partial charge in [0.25, 0.3) is 0 Å². The maximum Gasteiger partial charge on any atom is 0.248 e. The number of carbonyl (C=O) groups excluding carboxylic acids is 2. The van der Waals surface area contributed by atoms with Crippen LogP contribution < -0.4 is 5.32 Å². The summed E-state index contributed by atoms with van der Waals surface area (Å²) < 4.78 is 0. The average Bonchev–Trinajstić information content (AvgIpc) is 3.20. The number of hydrogen-bond acceptors (Lipinski definition) is 3. The van der Waals surface area contributed by atoms with E-state index in [4.69, 9.17) is 0 Å². The molecule has 1 aliphatic heterocycles. The van der Waals surface area contributed by atoms with E-state index >= 15 is 0 Å². The number of carbonyl (C=O) groups is 2. The fraction of sp³-hybridized carbons (Fsp3) is 0.250. The number of amides is 2. The van der Waals surface area contributed by atoms with E-state index < -0.39 is 6.04 Å². The third-order valence-corrected chi connectivity index (χ3v) is 4.81. The highest BCUT2D eigenvalue weighted by Gasteiger charge is 2.36. The van der Waals surface area contributed by atoms with Gasteiger partial charge < -0.3 is 15.2 Å². The number of rotatable bonds is 4. The molecule has 3 aromatic rings. The fourth-order valence-corrected chi connectivity index (χ4v) is 3.46. The summed E-state index contributed by atoms with van der Waals surface area (Å²) in [6.45, 7) is 2.36. The first kappa shape index (κ1) is 16.3. The third-order valence-electron chi connectivity index (χ3n) is 4.81. The van der Waals surface area contributed by atoms with Crippen molar-refractivity contribution in [2.24, 2.45) is 0 Å². The Labute approximate surface area is 151 Å². The minimum absolute atomic E-state index is 0.00707. The van der Waals surface area contributed by atoms with E-state index in [1.807, 2.05) is 49.5 Å². The zero-order chi connectivity index (χ0) is 18.1. The van der Waals surface area contributed by atoms with Gasteiger partial charge in [-0.1, -0.05) is 18.2 Å². The van der Waals surface area contributed by atoms with Crippen LogP contribution in [0.2, 0.25) is 0 Å². The van der Waals surface area contributed by atoms with E-state index in [1.165, 1.54) is 0 Å². The Bertz CT molecular complexity index is 979.